The topological polar surface area (TPSA) is 0 Å². The minimum Gasteiger partial charge on any atom is -0.174 e. The second kappa shape index (κ2) is 2.09. The van der Waals surface area contributed by atoms with E-state index in [-0.39, 0.29) is 0 Å². The highest BCUT2D eigenvalue weighted by molar-refractivity contribution is 7.85. The van der Waals surface area contributed by atoms with E-state index in [4.69, 9.17) is 0 Å². The van der Waals surface area contributed by atoms with Gasteiger partial charge in [0, 0.05) is 10.5 Å². The Hall–Kier alpha value is 0.700. The number of hydrogen-bond donors (Lipinski definition) is 2. The molecule has 0 radical (unpaired) electrons. The average molecular weight is 160 g/mol. The summed E-state index contributed by atoms with van der Waals surface area (Å²) >= 11 is 9.03. The van der Waals surface area contributed by atoms with Gasteiger partial charge in [-0.1, -0.05) is 0 Å². The molecular formula is C7H12S2. The van der Waals surface area contributed by atoms with E-state index in [1.807, 2.05) is 0 Å². The van der Waals surface area contributed by atoms with Gasteiger partial charge < -0.3 is 0 Å². The van der Waals surface area contributed by atoms with Crippen molar-refractivity contribution in [2.45, 2.75) is 29.8 Å². The highest BCUT2D eigenvalue weighted by Crippen LogP contribution is 2.49. The molecule has 0 N–H and O–H groups in total. The SMILES string of the molecule is S[C@@H]1C2CCC(C2)[C@@H]1S. The fraction of sp³-hybridized carbons (Fsp3) is 1.00. The Bertz CT molecular complexity index is 106. The van der Waals surface area contributed by atoms with Gasteiger partial charge in [-0.15, -0.1) is 0 Å². The van der Waals surface area contributed by atoms with Crippen molar-refractivity contribution < 1.29 is 0 Å². The lowest BCUT2D eigenvalue weighted by Crippen LogP contribution is -2.22. The van der Waals surface area contributed by atoms with Crippen molar-refractivity contribution in [2.75, 3.05) is 0 Å². The molecule has 0 heterocycles. The van der Waals surface area contributed by atoms with Crippen LogP contribution in [0.3, 0.4) is 0 Å². The number of thiol groups is 2. The van der Waals surface area contributed by atoms with Crippen LogP contribution in [0.1, 0.15) is 19.3 Å². The van der Waals surface area contributed by atoms with Gasteiger partial charge in [-0.25, -0.2) is 0 Å². The smallest absolute Gasteiger partial charge is 0.0164 e. The lowest BCUT2D eigenvalue weighted by molar-refractivity contribution is 0.508. The summed E-state index contributed by atoms with van der Waals surface area (Å²) in [4.78, 5) is 0. The van der Waals surface area contributed by atoms with Crippen LogP contribution in [0.15, 0.2) is 0 Å². The molecule has 2 unspecified atom stereocenters. The molecule has 2 aliphatic rings. The van der Waals surface area contributed by atoms with Crippen molar-refractivity contribution in [3.05, 3.63) is 0 Å². The molecule has 2 rings (SSSR count). The monoisotopic (exact) mass is 160 g/mol. The predicted molar refractivity (Wildman–Crippen MR) is 46.4 cm³/mol. The molecule has 0 aliphatic heterocycles. The van der Waals surface area contributed by atoms with Crippen molar-refractivity contribution in [1.29, 1.82) is 0 Å². The van der Waals surface area contributed by atoms with E-state index in [9.17, 15) is 0 Å². The van der Waals surface area contributed by atoms with Gasteiger partial charge >= 0.3 is 0 Å². The van der Waals surface area contributed by atoms with Crippen LogP contribution in [0.4, 0.5) is 0 Å². The molecule has 0 nitrogen and oxygen atoms in total. The summed E-state index contributed by atoms with van der Waals surface area (Å²) in [7, 11) is 0. The zero-order valence-corrected chi connectivity index (χ0v) is 7.11. The summed E-state index contributed by atoms with van der Waals surface area (Å²) < 4.78 is 0. The maximum atomic E-state index is 4.52. The Morgan fingerprint density at radius 1 is 0.889 bits per heavy atom. The molecule has 52 valence electrons. The van der Waals surface area contributed by atoms with E-state index < -0.39 is 0 Å². The Labute approximate surface area is 67.2 Å². The molecule has 2 aliphatic carbocycles. The minimum absolute atomic E-state index is 0.604. The lowest BCUT2D eigenvalue weighted by Gasteiger charge is -2.22. The average Bonchev–Trinajstić information content (AvgIpc) is 2.37. The van der Waals surface area contributed by atoms with E-state index in [2.05, 4.69) is 25.3 Å². The molecule has 0 aromatic heterocycles. The Kier molecular flexibility index (Phi) is 1.49. The first-order valence-electron chi connectivity index (χ1n) is 3.65. The van der Waals surface area contributed by atoms with Gasteiger partial charge in [0.25, 0.3) is 0 Å². The summed E-state index contributed by atoms with van der Waals surface area (Å²) in [6, 6.07) is 0. The number of hydrogen-bond acceptors (Lipinski definition) is 2. The first kappa shape index (κ1) is 6.41. The van der Waals surface area contributed by atoms with E-state index in [1.54, 1.807) is 0 Å². The van der Waals surface area contributed by atoms with Crippen LogP contribution in [0.2, 0.25) is 0 Å². The van der Waals surface area contributed by atoms with Gasteiger partial charge in [0.2, 0.25) is 0 Å². The van der Waals surface area contributed by atoms with Crippen molar-refractivity contribution in [1.82, 2.24) is 0 Å². The molecule has 0 aromatic rings. The van der Waals surface area contributed by atoms with Crippen LogP contribution in [-0.4, -0.2) is 10.5 Å². The quantitative estimate of drug-likeness (QED) is 0.498. The van der Waals surface area contributed by atoms with Crippen LogP contribution >= 0.6 is 25.3 Å². The van der Waals surface area contributed by atoms with Crippen molar-refractivity contribution in [2.24, 2.45) is 11.8 Å². The first-order valence-corrected chi connectivity index (χ1v) is 4.68. The summed E-state index contributed by atoms with van der Waals surface area (Å²) in [5.41, 5.74) is 0. The third-order valence-electron chi connectivity index (χ3n) is 2.83. The van der Waals surface area contributed by atoms with E-state index >= 15 is 0 Å². The van der Waals surface area contributed by atoms with Crippen molar-refractivity contribution in [3.8, 4) is 0 Å². The third-order valence-corrected chi connectivity index (χ3v) is 4.55. The fourth-order valence-corrected chi connectivity index (χ4v) is 3.26. The first-order chi connectivity index (χ1) is 4.29. The van der Waals surface area contributed by atoms with Crippen LogP contribution in [0.25, 0.3) is 0 Å². The summed E-state index contributed by atoms with van der Waals surface area (Å²) in [5.74, 6) is 1.81. The lowest BCUT2D eigenvalue weighted by atomic mass is 10.00. The van der Waals surface area contributed by atoms with Crippen LogP contribution in [0.5, 0.6) is 0 Å². The molecule has 0 saturated heterocycles. The molecule has 9 heavy (non-hydrogen) atoms. The summed E-state index contributed by atoms with van der Waals surface area (Å²) in [6.45, 7) is 0. The molecule has 0 spiro atoms. The molecule has 2 bridgehead atoms. The number of rotatable bonds is 0. The summed E-state index contributed by atoms with van der Waals surface area (Å²) in [5, 5.41) is 1.21. The molecule has 0 aromatic carbocycles. The Morgan fingerprint density at radius 2 is 1.33 bits per heavy atom. The maximum absolute atomic E-state index is 4.52. The molecule has 2 fully saturated rings. The van der Waals surface area contributed by atoms with Crippen LogP contribution in [-0.2, 0) is 0 Å². The highest BCUT2D eigenvalue weighted by Gasteiger charge is 2.43. The fourth-order valence-electron chi connectivity index (χ4n) is 2.23. The van der Waals surface area contributed by atoms with Gasteiger partial charge in [0.05, 0.1) is 0 Å². The van der Waals surface area contributed by atoms with E-state index in [0.717, 1.165) is 11.8 Å². The summed E-state index contributed by atoms with van der Waals surface area (Å²) in [6.07, 6.45) is 4.23. The largest absolute Gasteiger partial charge is 0.174 e. The predicted octanol–water partition coefficient (Wildman–Crippen LogP) is 2.01. The van der Waals surface area contributed by atoms with E-state index in [1.165, 1.54) is 19.3 Å². The minimum atomic E-state index is 0.604. The third kappa shape index (κ3) is 0.829. The van der Waals surface area contributed by atoms with Crippen molar-refractivity contribution in [3.63, 3.8) is 0 Å². The van der Waals surface area contributed by atoms with Crippen molar-refractivity contribution >= 4 is 25.3 Å². The number of fused-ring (bicyclic) bond motifs is 2. The molecular weight excluding hydrogens is 148 g/mol. The maximum Gasteiger partial charge on any atom is 0.0164 e. The Balaban J connectivity index is 2.15. The molecule has 0 amide bonds. The second-order valence-electron chi connectivity index (χ2n) is 3.31. The van der Waals surface area contributed by atoms with Gasteiger partial charge in [0.1, 0.15) is 0 Å². The second-order valence-corrected chi connectivity index (χ2v) is 4.51. The van der Waals surface area contributed by atoms with Gasteiger partial charge in [0.15, 0.2) is 0 Å². The molecule has 4 atom stereocenters. The van der Waals surface area contributed by atoms with Gasteiger partial charge in [-0.2, -0.15) is 25.3 Å². The standard InChI is InChI=1S/C7H12S2/c8-6-4-1-2-5(3-4)7(6)9/h4-9H,1-3H2/t4?,5?,6-,7+. The molecule has 2 heteroatoms. The zero-order valence-electron chi connectivity index (χ0n) is 5.33. The van der Waals surface area contributed by atoms with E-state index in [0.29, 0.717) is 10.5 Å². The van der Waals surface area contributed by atoms with Gasteiger partial charge in [-0.05, 0) is 31.1 Å². The zero-order chi connectivity index (χ0) is 6.43. The van der Waals surface area contributed by atoms with Gasteiger partial charge in [-0.3, -0.25) is 0 Å². The normalized spacial score (nSPS) is 56.7. The van der Waals surface area contributed by atoms with Crippen LogP contribution in [0, 0.1) is 11.8 Å². The van der Waals surface area contributed by atoms with Crippen LogP contribution < -0.4 is 0 Å². The molecule has 2 saturated carbocycles. The Morgan fingerprint density at radius 3 is 1.56 bits per heavy atom. The highest BCUT2D eigenvalue weighted by atomic mass is 32.1.